The summed E-state index contributed by atoms with van der Waals surface area (Å²) in [6, 6.07) is 0. The number of hydrogen-bond acceptors (Lipinski definition) is 4. The molecule has 2 rings (SSSR count). The molecule has 1 saturated heterocycles. The fraction of sp³-hybridized carbons (Fsp3) is 0.778. The highest BCUT2D eigenvalue weighted by Gasteiger charge is 2.38. The van der Waals surface area contributed by atoms with E-state index in [1.54, 1.807) is 0 Å². The number of nitrogens with zero attached hydrogens (tertiary/aromatic N) is 2. The molecule has 1 N–H and O–H groups in total. The number of rotatable bonds is 2. The van der Waals surface area contributed by atoms with Crippen LogP contribution in [0.15, 0.2) is 4.52 Å². The van der Waals surface area contributed by atoms with Crippen LogP contribution in [0.5, 0.6) is 0 Å². The fourth-order valence-corrected chi connectivity index (χ4v) is 1.63. The van der Waals surface area contributed by atoms with Gasteiger partial charge in [-0.3, -0.25) is 0 Å². The summed E-state index contributed by atoms with van der Waals surface area (Å²) >= 11 is 0. The maximum atomic E-state index is 14.2. The van der Waals surface area contributed by atoms with E-state index in [0.717, 1.165) is 0 Å². The van der Waals surface area contributed by atoms with Crippen LogP contribution in [0.1, 0.15) is 31.5 Å². The van der Waals surface area contributed by atoms with Crippen molar-refractivity contribution >= 4 is 0 Å². The van der Waals surface area contributed by atoms with E-state index < -0.39 is 5.67 Å². The molecule has 0 aromatic carbocycles. The first-order valence-electron chi connectivity index (χ1n) is 4.97. The van der Waals surface area contributed by atoms with E-state index >= 15 is 0 Å². The van der Waals surface area contributed by atoms with Gasteiger partial charge in [0.05, 0.1) is 0 Å². The molecule has 1 aromatic rings. The third-order valence-corrected chi connectivity index (χ3v) is 2.57. The Kier molecular flexibility index (Phi) is 2.50. The molecular formula is C9H14FN3O. The van der Waals surface area contributed by atoms with Crippen molar-refractivity contribution in [3.8, 4) is 0 Å². The number of aryl methyl sites for hydroxylation is 1. The van der Waals surface area contributed by atoms with E-state index in [-0.39, 0.29) is 5.82 Å². The van der Waals surface area contributed by atoms with Crippen molar-refractivity contribution in [3.63, 3.8) is 0 Å². The van der Waals surface area contributed by atoms with Gasteiger partial charge in [-0.25, -0.2) is 4.39 Å². The van der Waals surface area contributed by atoms with Crippen LogP contribution >= 0.6 is 0 Å². The van der Waals surface area contributed by atoms with Gasteiger partial charge in [0.1, 0.15) is 0 Å². The predicted octanol–water partition coefficient (Wildman–Crippen LogP) is 1.18. The van der Waals surface area contributed by atoms with Crippen molar-refractivity contribution in [2.75, 3.05) is 13.1 Å². The van der Waals surface area contributed by atoms with Crippen LogP contribution in [0.25, 0.3) is 0 Å². The summed E-state index contributed by atoms with van der Waals surface area (Å²) in [7, 11) is 0. The first kappa shape index (κ1) is 9.58. The highest BCUT2D eigenvalue weighted by atomic mass is 19.1. The molecule has 5 heteroatoms. The quantitative estimate of drug-likeness (QED) is 0.777. The Bertz CT molecular complexity index is 307. The molecule has 78 valence electrons. The van der Waals surface area contributed by atoms with Crippen molar-refractivity contribution in [3.05, 3.63) is 11.7 Å². The molecule has 0 spiro atoms. The minimum Gasteiger partial charge on any atom is -0.339 e. The maximum Gasteiger partial charge on any atom is 0.226 e. The number of piperidine rings is 1. The van der Waals surface area contributed by atoms with Gasteiger partial charge in [0.15, 0.2) is 5.67 Å². The van der Waals surface area contributed by atoms with Crippen LogP contribution in [-0.4, -0.2) is 23.2 Å². The lowest BCUT2D eigenvalue weighted by molar-refractivity contribution is 0.101. The van der Waals surface area contributed by atoms with Gasteiger partial charge in [-0.15, -0.1) is 0 Å². The van der Waals surface area contributed by atoms with Crippen LogP contribution in [-0.2, 0) is 12.1 Å². The first-order chi connectivity index (χ1) is 6.74. The summed E-state index contributed by atoms with van der Waals surface area (Å²) in [4.78, 5) is 4.04. The van der Waals surface area contributed by atoms with Gasteiger partial charge < -0.3 is 9.84 Å². The average molecular weight is 199 g/mol. The highest BCUT2D eigenvalue weighted by molar-refractivity contribution is 5.03. The molecule has 0 atom stereocenters. The number of nitrogens with one attached hydrogen (secondary N) is 1. The van der Waals surface area contributed by atoms with Crippen LogP contribution in [0, 0.1) is 0 Å². The standard InChI is InChI=1S/C9H14FN3O/c1-2-7-12-8(13-14-7)9(10)3-5-11-6-4-9/h11H,2-6H2,1H3. The average Bonchev–Trinajstić information content (AvgIpc) is 2.67. The molecule has 4 nitrogen and oxygen atoms in total. The molecule has 0 amide bonds. The van der Waals surface area contributed by atoms with Crippen molar-refractivity contribution in [2.24, 2.45) is 0 Å². The number of hydrogen-bond donors (Lipinski definition) is 1. The first-order valence-corrected chi connectivity index (χ1v) is 4.97. The van der Waals surface area contributed by atoms with Crippen molar-refractivity contribution in [1.82, 2.24) is 15.5 Å². The second-order valence-electron chi connectivity index (χ2n) is 3.58. The van der Waals surface area contributed by atoms with Crippen LogP contribution in [0.4, 0.5) is 4.39 Å². The lowest BCUT2D eigenvalue weighted by Gasteiger charge is -2.26. The zero-order valence-corrected chi connectivity index (χ0v) is 8.22. The van der Waals surface area contributed by atoms with Gasteiger partial charge in [-0.1, -0.05) is 12.1 Å². The zero-order valence-electron chi connectivity index (χ0n) is 8.22. The van der Waals surface area contributed by atoms with Crippen LogP contribution < -0.4 is 5.32 Å². The molecular weight excluding hydrogens is 185 g/mol. The van der Waals surface area contributed by atoms with Gasteiger partial charge in [-0.05, 0) is 13.1 Å². The normalized spacial score (nSPS) is 21.0. The van der Waals surface area contributed by atoms with Gasteiger partial charge in [0, 0.05) is 19.3 Å². The molecule has 14 heavy (non-hydrogen) atoms. The van der Waals surface area contributed by atoms with Gasteiger partial charge in [0.2, 0.25) is 11.7 Å². The summed E-state index contributed by atoms with van der Waals surface area (Å²) < 4.78 is 19.1. The van der Waals surface area contributed by atoms with E-state index in [2.05, 4.69) is 15.5 Å². The second kappa shape index (κ2) is 3.65. The molecule has 0 aliphatic carbocycles. The Balaban J connectivity index is 2.19. The molecule has 0 bridgehead atoms. The SMILES string of the molecule is CCc1nc(C2(F)CCNCC2)no1. The third-order valence-electron chi connectivity index (χ3n) is 2.57. The Labute approximate surface area is 81.9 Å². The molecule has 0 saturated carbocycles. The summed E-state index contributed by atoms with van der Waals surface area (Å²) in [5.41, 5.74) is -1.39. The third kappa shape index (κ3) is 1.64. The summed E-state index contributed by atoms with van der Waals surface area (Å²) in [5.74, 6) is 0.728. The number of alkyl halides is 1. The smallest absolute Gasteiger partial charge is 0.226 e. The van der Waals surface area contributed by atoms with E-state index in [1.165, 1.54) is 0 Å². The monoisotopic (exact) mass is 199 g/mol. The molecule has 1 fully saturated rings. The predicted molar refractivity (Wildman–Crippen MR) is 48.6 cm³/mol. The summed E-state index contributed by atoms with van der Waals surface area (Å²) in [6.07, 6.45) is 1.51. The fourth-order valence-electron chi connectivity index (χ4n) is 1.63. The molecule has 1 aliphatic heterocycles. The van der Waals surface area contributed by atoms with E-state index in [9.17, 15) is 4.39 Å². The Morgan fingerprint density at radius 3 is 2.79 bits per heavy atom. The van der Waals surface area contributed by atoms with Crippen molar-refractivity contribution < 1.29 is 8.91 Å². The van der Waals surface area contributed by atoms with Gasteiger partial charge in [0.25, 0.3) is 0 Å². The lowest BCUT2D eigenvalue weighted by Crippen LogP contribution is -2.37. The Morgan fingerprint density at radius 2 is 2.21 bits per heavy atom. The van der Waals surface area contributed by atoms with Gasteiger partial charge in [-0.2, -0.15) is 4.98 Å². The summed E-state index contributed by atoms with van der Waals surface area (Å²) in [6.45, 7) is 3.25. The zero-order chi connectivity index (χ0) is 10.0. The number of halogens is 1. The Hall–Kier alpha value is -0.970. The minimum absolute atomic E-state index is 0.218. The van der Waals surface area contributed by atoms with Crippen LogP contribution in [0.3, 0.4) is 0 Å². The molecule has 2 heterocycles. The maximum absolute atomic E-state index is 14.2. The molecule has 1 aromatic heterocycles. The van der Waals surface area contributed by atoms with E-state index in [1.807, 2.05) is 6.92 Å². The van der Waals surface area contributed by atoms with E-state index in [0.29, 0.717) is 38.2 Å². The molecule has 0 radical (unpaired) electrons. The van der Waals surface area contributed by atoms with E-state index in [4.69, 9.17) is 4.52 Å². The lowest BCUT2D eigenvalue weighted by atomic mass is 9.94. The topological polar surface area (TPSA) is 51.0 Å². The van der Waals surface area contributed by atoms with Crippen molar-refractivity contribution in [1.29, 1.82) is 0 Å². The van der Waals surface area contributed by atoms with Crippen LogP contribution in [0.2, 0.25) is 0 Å². The minimum atomic E-state index is -1.39. The largest absolute Gasteiger partial charge is 0.339 e. The molecule has 1 aliphatic rings. The summed E-state index contributed by atoms with van der Waals surface area (Å²) in [5, 5.41) is 6.80. The van der Waals surface area contributed by atoms with Crippen molar-refractivity contribution in [2.45, 2.75) is 31.9 Å². The highest BCUT2D eigenvalue weighted by Crippen LogP contribution is 2.32. The molecule has 0 unspecified atom stereocenters. The second-order valence-corrected chi connectivity index (χ2v) is 3.58. The number of aromatic nitrogens is 2. The van der Waals surface area contributed by atoms with Gasteiger partial charge >= 0.3 is 0 Å². The Morgan fingerprint density at radius 1 is 1.50 bits per heavy atom.